The second kappa shape index (κ2) is 5.45. The summed E-state index contributed by atoms with van der Waals surface area (Å²) in [7, 11) is 0. The lowest BCUT2D eigenvalue weighted by Crippen LogP contribution is -1.98. The molecule has 0 unspecified atom stereocenters. The first-order valence-electron chi connectivity index (χ1n) is 5.90. The van der Waals surface area contributed by atoms with Crippen LogP contribution in [0.1, 0.15) is 18.1 Å². The maximum Gasteiger partial charge on any atom is 0.330 e. The summed E-state index contributed by atoms with van der Waals surface area (Å²) in [5.41, 5.74) is 2.14. The van der Waals surface area contributed by atoms with Crippen LogP contribution in [-0.2, 0) is 9.53 Å². The molecule has 0 aliphatic rings. The van der Waals surface area contributed by atoms with Crippen molar-refractivity contribution in [3.8, 4) is 0 Å². The van der Waals surface area contributed by atoms with Gasteiger partial charge in [-0.3, -0.25) is 4.98 Å². The molecule has 2 rings (SSSR count). The molecule has 2 aromatic rings. The number of ether oxygens (including phenoxy) is 1. The molecule has 0 aliphatic carbocycles. The van der Waals surface area contributed by atoms with Gasteiger partial charge in [0, 0.05) is 23.9 Å². The number of hydrogen-bond donors (Lipinski definition) is 0. The number of aromatic nitrogens is 1. The van der Waals surface area contributed by atoms with Gasteiger partial charge in [-0.1, -0.05) is 6.07 Å². The molecule has 3 heteroatoms. The number of fused-ring (bicyclic) bond motifs is 1. The molecule has 1 heterocycles. The summed E-state index contributed by atoms with van der Waals surface area (Å²) >= 11 is 0. The van der Waals surface area contributed by atoms with Crippen LogP contribution in [0.5, 0.6) is 0 Å². The number of pyridine rings is 1. The van der Waals surface area contributed by atoms with Crippen LogP contribution in [0, 0.1) is 6.92 Å². The highest BCUT2D eigenvalue weighted by Gasteiger charge is 2.01. The van der Waals surface area contributed by atoms with E-state index in [0.717, 1.165) is 21.9 Å². The number of rotatable bonds is 3. The highest BCUT2D eigenvalue weighted by atomic mass is 16.5. The minimum atomic E-state index is -0.318. The molecule has 0 saturated heterocycles. The molecule has 0 fully saturated rings. The van der Waals surface area contributed by atoms with E-state index in [4.69, 9.17) is 4.74 Å². The second-order valence-corrected chi connectivity index (χ2v) is 4.04. The number of hydrogen-bond acceptors (Lipinski definition) is 3. The number of benzene rings is 1. The van der Waals surface area contributed by atoms with Gasteiger partial charge >= 0.3 is 5.97 Å². The summed E-state index contributed by atoms with van der Waals surface area (Å²) in [4.78, 5) is 15.4. The maximum atomic E-state index is 11.3. The summed E-state index contributed by atoms with van der Waals surface area (Å²) in [5, 5.41) is 2.15. The lowest BCUT2D eigenvalue weighted by atomic mass is 10.0. The van der Waals surface area contributed by atoms with Crippen LogP contribution in [-0.4, -0.2) is 17.6 Å². The van der Waals surface area contributed by atoms with Crippen LogP contribution in [0.4, 0.5) is 0 Å². The second-order valence-electron chi connectivity index (χ2n) is 4.04. The van der Waals surface area contributed by atoms with Crippen molar-refractivity contribution in [1.82, 2.24) is 4.98 Å². The molecule has 0 aliphatic heterocycles. The highest BCUT2D eigenvalue weighted by molar-refractivity contribution is 5.94. The molecule has 0 saturated carbocycles. The largest absolute Gasteiger partial charge is 0.463 e. The molecule has 1 aromatic carbocycles. The van der Waals surface area contributed by atoms with E-state index < -0.39 is 0 Å². The standard InChI is InChI=1S/C15H15NO2/c1-3-18-15(17)5-4-12-8-11(2)9-13-10-16-7-6-14(12)13/h4-10H,3H2,1-2H3/b5-4+. The topological polar surface area (TPSA) is 39.2 Å². The Bertz CT molecular complexity index is 602. The van der Waals surface area contributed by atoms with E-state index in [-0.39, 0.29) is 5.97 Å². The Morgan fingerprint density at radius 1 is 1.44 bits per heavy atom. The van der Waals surface area contributed by atoms with Gasteiger partial charge in [0.05, 0.1) is 6.61 Å². The Morgan fingerprint density at radius 3 is 3.06 bits per heavy atom. The molecular weight excluding hydrogens is 226 g/mol. The molecular formula is C15H15NO2. The molecule has 0 N–H and O–H groups in total. The van der Waals surface area contributed by atoms with E-state index in [2.05, 4.69) is 11.1 Å². The van der Waals surface area contributed by atoms with Gasteiger partial charge in [0.1, 0.15) is 0 Å². The van der Waals surface area contributed by atoms with E-state index in [1.54, 1.807) is 19.2 Å². The molecule has 3 nitrogen and oxygen atoms in total. The van der Waals surface area contributed by atoms with Crippen molar-refractivity contribution in [1.29, 1.82) is 0 Å². The van der Waals surface area contributed by atoms with Crippen molar-refractivity contribution >= 4 is 22.8 Å². The Hall–Kier alpha value is -2.16. The third-order valence-electron chi connectivity index (χ3n) is 2.61. The molecule has 0 radical (unpaired) electrons. The zero-order chi connectivity index (χ0) is 13.0. The van der Waals surface area contributed by atoms with Gasteiger partial charge in [-0.25, -0.2) is 4.79 Å². The quantitative estimate of drug-likeness (QED) is 0.612. The third kappa shape index (κ3) is 2.74. The average molecular weight is 241 g/mol. The summed E-state index contributed by atoms with van der Waals surface area (Å²) in [6.07, 6.45) is 6.81. The predicted octanol–water partition coefficient (Wildman–Crippen LogP) is 3.12. The Morgan fingerprint density at radius 2 is 2.28 bits per heavy atom. The van der Waals surface area contributed by atoms with Gasteiger partial charge in [-0.05, 0) is 48.6 Å². The number of nitrogens with zero attached hydrogens (tertiary/aromatic N) is 1. The minimum Gasteiger partial charge on any atom is -0.463 e. The maximum absolute atomic E-state index is 11.3. The molecule has 0 amide bonds. The van der Waals surface area contributed by atoms with Crippen molar-refractivity contribution in [2.45, 2.75) is 13.8 Å². The van der Waals surface area contributed by atoms with Crippen molar-refractivity contribution in [3.63, 3.8) is 0 Å². The van der Waals surface area contributed by atoms with Gasteiger partial charge in [-0.15, -0.1) is 0 Å². The molecule has 18 heavy (non-hydrogen) atoms. The molecule has 1 aromatic heterocycles. The van der Waals surface area contributed by atoms with Gasteiger partial charge in [0.25, 0.3) is 0 Å². The summed E-state index contributed by atoms with van der Waals surface area (Å²) in [6.45, 7) is 4.20. The van der Waals surface area contributed by atoms with Crippen LogP contribution >= 0.6 is 0 Å². The molecule has 0 bridgehead atoms. The lowest BCUT2D eigenvalue weighted by molar-refractivity contribution is -0.137. The van der Waals surface area contributed by atoms with E-state index in [9.17, 15) is 4.79 Å². The smallest absolute Gasteiger partial charge is 0.330 e. The fourth-order valence-corrected chi connectivity index (χ4v) is 1.88. The SMILES string of the molecule is CCOC(=O)/C=C/c1cc(C)cc2cnccc12. The zero-order valence-corrected chi connectivity index (χ0v) is 10.5. The van der Waals surface area contributed by atoms with Gasteiger partial charge in [0.15, 0.2) is 0 Å². The highest BCUT2D eigenvalue weighted by Crippen LogP contribution is 2.21. The monoisotopic (exact) mass is 241 g/mol. The van der Waals surface area contributed by atoms with E-state index >= 15 is 0 Å². The van der Waals surface area contributed by atoms with Crippen LogP contribution in [0.15, 0.2) is 36.7 Å². The Kier molecular flexibility index (Phi) is 3.72. The van der Waals surface area contributed by atoms with E-state index in [1.165, 1.54) is 6.08 Å². The van der Waals surface area contributed by atoms with Gasteiger partial charge in [-0.2, -0.15) is 0 Å². The van der Waals surface area contributed by atoms with Crippen LogP contribution in [0.3, 0.4) is 0 Å². The van der Waals surface area contributed by atoms with Crippen LogP contribution in [0.25, 0.3) is 16.8 Å². The van der Waals surface area contributed by atoms with Crippen molar-refractivity contribution in [2.75, 3.05) is 6.61 Å². The zero-order valence-electron chi connectivity index (χ0n) is 10.5. The fourth-order valence-electron chi connectivity index (χ4n) is 1.88. The molecule has 0 atom stereocenters. The average Bonchev–Trinajstić information content (AvgIpc) is 2.36. The molecule has 92 valence electrons. The van der Waals surface area contributed by atoms with Gasteiger partial charge < -0.3 is 4.74 Å². The Labute approximate surface area is 106 Å². The first-order chi connectivity index (χ1) is 8.70. The van der Waals surface area contributed by atoms with Crippen molar-refractivity contribution in [3.05, 3.63) is 47.8 Å². The number of esters is 1. The van der Waals surface area contributed by atoms with Crippen LogP contribution in [0.2, 0.25) is 0 Å². The summed E-state index contributed by atoms with van der Waals surface area (Å²) in [6, 6.07) is 6.06. The Balaban J connectivity index is 2.41. The fraction of sp³-hybridized carbons (Fsp3) is 0.200. The summed E-state index contributed by atoms with van der Waals surface area (Å²) < 4.78 is 4.87. The lowest BCUT2D eigenvalue weighted by Gasteiger charge is -2.04. The molecule has 0 spiro atoms. The minimum absolute atomic E-state index is 0.318. The number of aryl methyl sites for hydroxylation is 1. The van der Waals surface area contributed by atoms with Crippen molar-refractivity contribution in [2.24, 2.45) is 0 Å². The normalized spacial score (nSPS) is 11.0. The van der Waals surface area contributed by atoms with E-state index in [1.807, 2.05) is 25.3 Å². The first kappa shape index (κ1) is 12.3. The predicted molar refractivity (Wildman–Crippen MR) is 72.1 cm³/mol. The van der Waals surface area contributed by atoms with E-state index in [0.29, 0.717) is 6.61 Å². The number of carbonyl (C=O) groups excluding carboxylic acids is 1. The van der Waals surface area contributed by atoms with Crippen LogP contribution < -0.4 is 0 Å². The number of carbonyl (C=O) groups is 1. The van der Waals surface area contributed by atoms with Gasteiger partial charge in [0.2, 0.25) is 0 Å². The third-order valence-corrected chi connectivity index (χ3v) is 2.61. The van der Waals surface area contributed by atoms with Crippen molar-refractivity contribution < 1.29 is 9.53 Å². The summed E-state index contributed by atoms with van der Waals surface area (Å²) in [5.74, 6) is -0.318. The first-order valence-corrected chi connectivity index (χ1v) is 5.90.